The van der Waals surface area contributed by atoms with Gasteiger partial charge in [-0.1, -0.05) is 0 Å². The third-order valence-electron chi connectivity index (χ3n) is 2.66. The second-order valence-electron chi connectivity index (χ2n) is 4.57. The van der Waals surface area contributed by atoms with Crippen LogP contribution >= 0.6 is 0 Å². The maximum atomic E-state index is 14.0. The third kappa shape index (κ3) is 5.08. The van der Waals surface area contributed by atoms with Gasteiger partial charge >= 0.3 is 42.4 Å². The Balaban J connectivity index is 6.21. The van der Waals surface area contributed by atoms with Gasteiger partial charge in [0.1, 0.15) is 0 Å². The van der Waals surface area contributed by atoms with Gasteiger partial charge in [-0.05, 0) is 20.8 Å². The first-order valence-corrected chi connectivity index (χ1v) is 10.2. The van der Waals surface area contributed by atoms with Crippen molar-refractivity contribution in [3.05, 3.63) is 0 Å². The molecular weight excluding hydrogens is 463 g/mol. The fraction of sp³-hybridized carbons (Fsp3) is 1.00. The summed E-state index contributed by atoms with van der Waals surface area (Å²) in [5.41, 5.74) is 0. The highest BCUT2D eigenvalue weighted by Gasteiger charge is 2.88. The first kappa shape index (κ1) is 27.3. The van der Waals surface area contributed by atoms with E-state index < -0.39 is 62.3 Å². The van der Waals surface area contributed by atoms with Crippen LogP contribution < -0.4 is 0 Å². The SMILES string of the molecule is CCO[Si](OCC)(OCC)OOS(=O)(=O)C(F)(C(F)(F)F)C(F)(F)C(F)(F)F. The van der Waals surface area contributed by atoms with Gasteiger partial charge in [-0.2, -0.15) is 48.1 Å². The van der Waals surface area contributed by atoms with E-state index in [1.165, 1.54) is 20.8 Å². The Morgan fingerprint density at radius 3 is 1.32 bits per heavy atom. The van der Waals surface area contributed by atoms with Crippen LogP contribution in [0.1, 0.15) is 20.8 Å². The Morgan fingerprint density at radius 2 is 1.07 bits per heavy atom. The molecule has 0 fully saturated rings. The predicted octanol–water partition coefficient (Wildman–Crippen LogP) is 3.24. The monoisotopic (exact) mass is 478 g/mol. The van der Waals surface area contributed by atoms with Gasteiger partial charge in [0.05, 0.1) is 0 Å². The lowest BCUT2D eigenvalue weighted by molar-refractivity contribution is -0.362. The fourth-order valence-electron chi connectivity index (χ4n) is 1.52. The minimum absolute atomic E-state index is 0.408. The summed E-state index contributed by atoms with van der Waals surface area (Å²) in [7, 11) is -12.3. The van der Waals surface area contributed by atoms with E-state index in [-0.39, 0.29) is 0 Å². The second-order valence-corrected chi connectivity index (χ2v) is 8.21. The van der Waals surface area contributed by atoms with Crippen LogP contribution in [0.25, 0.3) is 0 Å². The molecule has 0 bridgehead atoms. The molecule has 0 aliphatic heterocycles. The summed E-state index contributed by atoms with van der Waals surface area (Å²) in [6, 6.07) is 0. The zero-order valence-corrected chi connectivity index (χ0v) is 16.1. The lowest BCUT2D eigenvalue weighted by Gasteiger charge is -2.34. The van der Waals surface area contributed by atoms with E-state index in [2.05, 4.69) is 8.91 Å². The van der Waals surface area contributed by atoms with Crippen LogP contribution in [0.3, 0.4) is 0 Å². The molecule has 0 aromatic heterocycles. The van der Waals surface area contributed by atoms with Crippen molar-refractivity contribution >= 4 is 19.2 Å². The van der Waals surface area contributed by atoms with E-state index in [1.54, 1.807) is 0 Å². The molecule has 0 spiro atoms. The van der Waals surface area contributed by atoms with Gasteiger partial charge in [0.25, 0.3) is 0 Å². The van der Waals surface area contributed by atoms with Crippen LogP contribution in [0, 0.1) is 0 Å². The molecule has 0 saturated heterocycles. The number of rotatable bonds is 11. The van der Waals surface area contributed by atoms with Crippen LogP contribution in [0.2, 0.25) is 0 Å². The molecule has 0 saturated carbocycles. The Bertz CT molecular complexity index is 592. The van der Waals surface area contributed by atoms with Crippen molar-refractivity contribution in [3.8, 4) is 0 Å². The maximum absolute atomic E-state index is 14.0. The zero-order chi connectivity index (χ0) is 22.7. The summed E-state index contributed by atoms with van der Waals surface area (Å²) >= 11 is 0. The summed E-state index contributed by atoms with van der Waals surface area (Å²) in [5, 5.41) is -7.25. The first-order chi connectivity index (χ1) is 12.4. The average Bonchev–Trinajstić information content (AvgIpc) is 2.50. The number of hydrogen-bond donors (Lipinski definition) is 0. The quantitative estimate of drug-likeness (QED) is 0.195. The molecule has 0 N–H and O–H groups in total. The predicted molar refractivity (Wildman–Crippen MR) is 72.6 cm³/mol. The summed E-state index contributed by atoms with van der Waals surface area (Å²) in [6.07, 6.45) is -14.6. The summed E-state index contributed by atoms with van der Waals surface area (Å²) in [5.74, 6) is -7.46. The molecule has 0 aromatic carbocycles. The molecule has 0 radical (unpaired) electrons. The van der Waals surface area contributed by atoms with E-state index in [9.17, 15) is 47.9 Å². The van der Waals surface area contributed by atoms with Crippen LogP contribution in [0.15, 0.2) is 0 Å². The van der Waals surface area contributed by atoms with Gasteiger partial charge in [-0.15, -0.1) is 4.33 Å². The lowest BCUT2D eigenvalue weighted by atomic mass is 10.2. The summed E-state index contributed by atoms with van der Waals surface area (Å²) in [4.78, 5) is 0. The average molecular weight is 478 g/mol. The van der Waals surface area contributed by atoms with Gasteiger partial charge < -0.3 is 13.3 Å². The van der Waals surface area contributed by atoms with Crippen molar-refractivity contribution < 1.29 is 70.1 Å². The van der Waals surface area contributed by atoms with Crippen LogP contribution in [0.5, 0.6) is 0 Å². The number of halogens is 9. The molecule has 0 amide bonds. The van der Waals surface area contributed by atoms with E-state index in [4.69, 9.17) is 13.3 Å². The van der Waals surface area contributed by atoms with Gasteiger partial charge in [0.15, 0.2) is 0 Å². The van der Waals surface area contributed by atoms with E-state index in [1.807, 2.05) is 0 Å². The smallest absolute Gasteiger partial charge is 0.350 e. The van der Waals surface area contributed by atoms with Crippen LogP contribution in [-0.2, 0) is 32.3 Å². The van der Waals surface area contributed by atoms with Gasteiger partial charge in [0, 0.05) is 19.8 Å². The number of alkyl halides is 9. The molecule has 0 aliphatic carbocycles. The van der Waals surface area contributed by atoms with E-state index in [0.717, 1.165) is 0 Å². The fourth-order valence-corrected chi connectivity index (χ4v) is 4.47. The molecule has 0 rings (SSSR count). The Hall–Kier alpha value is -0.663. The molecule has 7 nitrogen and oxygen atoms in total. The Morgan fingerprint density at radius 1 is 0.714 bits per heavy atom. The van der Waals surface area contributed by atoms with Crippen molar-refractivity contribution in [1.82, 2.24) is 0 Å². The zero-order valence-electron chi connectivity index (χ0n) is 14.3. The molecule has 18 heteroatoms. The van der Waals surface area contributed by atoms with Crippen molar-refractivity contribution in [2.45, 2.75) is 44.0 Å². The Kier molecular flexibility index (Phi) is 8.79. The highest BCUT2D eigenvalue weighted by atomic mass is 32.2. The maximum Gasteiger partial charge on any atom is 0.709 e. The topological polar surface area (TPSA) is 80.3 Å². The standard InChI is InChI=1S/C10H15F9O7SSi/c1-4-22-28(23-5-2,24-6-3)26-25-27(20,21)8(13,10(17,18)19)7(11,12)9(14,15)16/h4-6H2,1-3H3. The van der Waals surface area contributed by atoms with Gasteiger partial charge in [-0.3, -0.25) is 0 Å². The molecule has 28 heavy (non-hydrogen) atoms. The minimum atomic E-state index is -7.50. The second kappa shape index (κ2) is 9.00. The van der Waals surface area contributed by atoms with Crippen molar-refractivity contribution in [2.75, 3.05) is 19.8 Å². The largest absolute Gasteiger partial charge is 0.709 e. The summed E-state index contributed by atoms with van der Waals surface area (Å²) in [6.45, 7) is 2.46. The molecule has 0 heterocycles. The number of hydrogen-bond acceptors (Lipinski definition) is 7. The minimum Gasteiger partial charge on any atom is -0.350 e. The normalized spacial score (nSPS) is 16.9. The molecular formula is C10H15F9O7SSi. The molecule has 1 unspecified atom stereocenters. The van der Waals surface area contributed by atoms with E-state index >= 15 is 0 Å². The van der Waals surface area contributed by atoms with Crippen molar-refractivity contribution in [2.24, 2.45) is 0 Å². The molecule has 0 aromatic rings. The van der Waals surface area contributed by atoms with Crippen molar-refractivity contribution in [3.63, 3.8) is 0 Å². The highest BCUT2D eigenvalue weighted by Crippen LogP contribution is 2.55. The molecule has 170 valence electrons. The first-order valence-electron chi connectivity index (χ1n) is 7.13. The Labute approximate surface area is 154 Å². The van der Waals surface area contributed by atoms with Gasteiger partial charge in [-0.25, -0.2) is 4.39 Å². The van der Waals surface area contributed by atoms with E-state index in [0.29, 0.717) is 0 Å². The van der Waals surface area contributed by atoms with Crippen LogP contribution in [-0.4, -0.2) is 60.6 Å². The molecule has 1 atom stereocenters. The summed E-state index contributed by atoms with van der Waals surface area (Å²) < 4.78 is 160. The van der Waals surface area contributed by atoms with Crippen molar-refractivity contribution in [1.29, 1.82) is 0 Å². The molecule has 0 aliphatic rings. The van der Waals surface area contributed by atoms with Crippen LogP contribution in [0.4, 0.5) is 39.5 Å². The highest BCUT2D eigenvalue weighted by molar-refractivity contribution is 7.88. The third-order valence-corrected chi connectivity index (χ3v) is 6.42. The lowest BCUT2D eigenvalue weighted by Crippen LogP contribution is -2.66. The van der Waals surface area contributed by atoms with Gasteiger partial charge in [0.2, 0.25) is 0 Å².